The van der Waals surface area contributed by atoms with Crippen LogP contribution in [0.3, 0.4) is 0 Å². The van der Waals surface area contributed by atoms with Crippen molar-refractivity contribution in [2.24, 2.45) is 0 Å². The van der Waals surface area contributed by atoms with Crippen LogP contribution in [0.15, 0.2) is 48.1 Å². The fourth-order valence-electron chi connectivity index (χ4n) is 3.36. The number of cyclic esters (lactones) is 1. The molecular formula is C18H22N2O2. The van der Waals surface area contributed by atoms with E-state index in [1.807, 2.05) is 24.3 Å². The zero-order valence-corrected chi connectivity index (χ0v) is 13.5. The maximum atomic E-state index is 12.1. The van der Waals surface area contributed by atoms with Gasteiger partial charge in [-0.05, 0) is 45.9 Å². The quantitative estimate of drug-likeness (QED) is 0.634. The van der Waals surface area contributed by atoms with E-state index in [2.05, 4.69) is 56.2 Å². The molecule has 1 atom stereocenters. The number of hydrogen-bond donors (Lipinski definition) is 0. The first-order valence-corrected chi connectivity index (χ1v) is 7.49. The molecule has 0 spiro atoms. The van der Waals surface area contributed by atoms with Gasteiger partial charge in [-0.15, -0.1) is 0 Å². The molecule has 0 bridgehead atoms. The van der Waals surface area contributed by atoms with Crippen molar-refractivity contribution < 1.29 is 9.53 Å². The van der Waals surface area contributed by atoms with Crippen molar-refractivity contribution in [2.75, 3.05) is 28.2 Å². The minimum atomic E-state index is -0.270. The lowest BCUT2D eigenvalue weighted by Gasteiger charge is -2.45. The first-order valence-electron chi connectivity index (χ1n) is 7.49. The van der Waals surface area contributed by atoms with Crippen molar-refractivity contribution >= 4 is 5.97 Å². The Morgan fingerprint density at radius 2 is 1.82 bits per heavy atom. The lowest BCUT2D eigenvalue weighted by molar-refractivity contribution is 0.0300. The lowest BCUT2D eigenvalue weighted by atomic mass is 9.86. The summed E-state index contributed by atoms with van der Waals surface area (Å²) in [5.41, 5.74) is 2.58. The van der Waals surface area contributed by atoms with Gasteiger partial charge >= 0.3 is 5.97 Å². The van der Waals surface area contributed by atoms with Gasteiger partial charge in [0.05, 0.1) is 11.2 Å². The monoisotopic (exact) mass is 298 g/mol. The number of esters is 1. The average molecular weight is 298 g/mol. The van der Waals surface area contributed by atoms with E-state index in [1.165, 1.54) is 0 Å². The number of allylic oxidation sites excluding steroid dienone is 2. The molecule has 0 aromatic heterocycles. The van der Waals surface area contributed by atoms with Gasteiger partial charge in [0.15, 0.2) is 0 Å². The Labute approximate surface area is 131 Å². The topological polar surface area (TPSA) is 32.8 Å². The standard InChI is InChI=1S/C18H22N2O2/c1-19(2)18(20(3)4)11-7-8-13(12-18)16-14-9-5-6-10-15(14)17(21)22-16/h5-11,16H,12H2,1-4H3. The minimum absolute atomic E-state index is 0.200. The van der Waals surface area contributed by atoms with Crippen LogP contribution >= 0.6 is 0 Å². The van der Waals surface area contributed by atoms with Crippen molar-refractivity contribution in [3.05, 3.63) is 59.2 Å². The largest absolute Gasteiger partial charge is 0.449 e. The normalized spacial score (nSPS) is 22.7. The second-order valence-electron chi connectivity index (χ2n) is 6.32. The maximum absolute atomic E-state index is 12.1. The highest BCUT2D eigenvalue weighted by molar-refractivity contribution is 5.94. The van der Waals surface area contributed by atoms with Crippen molar-refractivity contribution in [3.63, 3.8) is 0 Å². The zero-order chi connectivity index (χ0) is 15.9. The molecule has 0 radical (unpaired) electrons. The molecule has 1 unspecified atom stereocenters. The third kappa shape index (κ3) is 2.19. The van der Waals surface area contributed by atoms with Gasteiger partial charge in [0.25, 0.3) is 0 Å². The number of benzene rings is 1. The predicted molar refractivity (Wildman–Crippen MR) is 86.5 cm³/mol. The van der Waals surface area contributed by atoms with E-state index < -0.39 is 0 Å². The highest BCUT2D eigenvalue weighted by Gasteiger charge is 2.40. The van der Waals surface area contributed by atoms with Gasteiger partial charge in [-0.1, -0.05) is 30.4 Å². The number of rotatable bonds is 3. The Kier molecular flexibility index (Phi) is 3.67. The average Bonchev–Trinajstić information content (AvgIpc) is 2.85. The van der Waals surface area contributed by atoms with E-state index >= 15 is 0 Å². The molecule has 22 heavy (non-hydrogen) atoms. The molecule has 2 aliphatic rings. The van der Waals surface area contributed by atoms with Crippen LogP contribution in [0.4, 0.5) is 0 Å². The molecule has 1 aromatic rings. The van der Waals surface area contributed by atoms with Gasteiger partial charge in [0, 0.05) is 12.0 Å². The number of nitrogens with zero attached hydrogens (tertiary/aromatic N) is 2. The number of fused-ring (bicyclic) bond motifs is 1. The summed E-state index contributed by atoms with van der Waals surface area (Å²) in [6.45, 7) is 0. The van der Waals surface area contributed by atoms with Gasteiger partial charge in [0.1, 0.15) is 6.10 Å². The Morgan fingerprint density at radius 1 is 1.14 bits per heavy atom. The van der Waals surface area contributed by atoms with Crippen LogP contribution in [-0.2, 0) is 4.74 Å². The summed E-state index contributed by atoms with van der Waals surface area (Å²) in [5.74, 6) is -0.226. The summed E-state index contributed by atoms with van der Waals surface area (Å²) >= 11 is 0. The summed E-state index contributed by atoms with van der Waals surface area (Å²) in [4.78, 5) is 16.4. The summed E-state index contributed by atoms with van der Waals surface area (Å²) in [7, 11) is 8.29. The minimum Gasteiger partial charge on any atom is -0.449 e. The molecule has 1 heterocycles. The molecule has 1 aliphatic carbocycles. The highest BCUT2D eigenvalue weighted by atomic mass is 16.5. The van der Waals surface area contributed by atoms with E-state index in [9.17, 15) is 4.79 Å². The molecule has 1 aliphatic heterocycles. The molecular weight excluding hydrogens is 276 g/mol. The second-order valence-corrected chi connectivity index (χ2v) is 6.32. The second kappa shape index (κ2) is 5.38. The van der Waals surface area contributed by atoms with Gasteiger partial charge in [-0.2, -0.15) is 0 Å². The fourth-order valence-corrected chi connectivity index (χ4v) is 3.36. The molecule has 3 rings (SSSR count). The molecule has 0 saturated carbocycles. The van der Waals surface area contributed by atoms with E-state index in [-0.39, 0.29) is 17.7 Å². The first-order chi connectivity index (χ1) is 10.5. The van der Waals surface area contributed by atoms with Crippen molar-refractivity contribution in [3.8, 4) is 0 Å². The van der Waals surface area contributed by atoms with Gasteiger partial charge in [-0.25, -0.2) is 4.79 Å². The Hall–Kier alpha value is -1.91. The number of ether oxygens (including phenoxy) is 1. The molecule has 4 nitrogen and oxygen atoms in total. The van der Waals surface area contributed by atoms with E-state index in [4.69, 9.17) is 4.74 Å². The van der Waals surface area contributed by atoms with Crippen molar-refractivity contribution in [1.82, 2.24) is 9.80 Å². The van der Waals surface area contributed by atoms with Crippen LogP contribution in [-0.4, -0.2) is 49.6 Å². The molecule has 1 aromatic carbocycles. The summed E-state index contributed by atoms with van der Waals surface area (Å²) in [5, 5.41) is 0. The lowest BCUT2D eigenvalue weighted by Crippen LogP contribution is -2.54. The molecule has 0 N–H and O–H groups in total. The van der Waals surface area contributed by atoms with Gasteiger partial charge in [0.2, 0.25) is 0 Å². The van der Waals surface area contributed by atoms with Crippen LogP contribution in [0.2, 0.25) is 0 Å². The summed E-state index contributed by atoms with van der Waals surface area (Å²) < 4.78 is 5.65. The molecule has 0 fully saturated rings. The molecule has 0 amide bonds. The number of hydrogen-bond acceptors (Lipinski definition) is 4. The van der Waals surface area contributed by atoms with Gasteiger partial charge in [-0.3, -0.25) is 9.80 Å². The number of carbonyl (C=O) groups is 1. The fraction of sp³-hybridized carbons (Fsp3) is 0.389. The summed E-state index contributed by atoms with van der Waals surface area (Å²) in [6.07, 6.45) is 6.86. The zero-order valence-electron chi connectivity index (χ0n) is 13.5. The van der Waals surface area contributed by atoms with Crippen molar-refractivity contribution in [2.45, 2.75) is 18.2 Å². The molecule has 116 valence electrons. The predicted octanol–water partition coefficient (Wildman–Crippen LogP) is 2.60. The van der Waals surface area contributed by atoms with Crippen molar-refractivity contribution in [1.29, 1.82) is 0 Å². The van der Waals surface area contributed by atoms with Crippen LogP contribution in [0, 0.1) is 0 Å². The number of carbonyl (C=O) groups excluding carboxylic acids is 1. The molecule has 4 heteroatoms. The Morgan fingerprint density at radius 3 is 2.50 bits per heavy atom. The van der Waals surface area contributed by atoms with E-state index in [0.29, 0.717) is 5.56 Å². The molecule has 0 saturated heterocycles. The maximum Gasteiger partial charge on any atom is 0.339 e. The third-order valence-corrected chi connectivity index (χ3v) is 4.71. The number of likely N-dealkylation sites (N-methyl/N-ethyl adjacent to an activating group) is 2. The Bertz CT molecular complexity index is 651. The van der Waals surface area contributed by atoms with Crippen LogP contribution in [0.1, 0.15) is 28.4 Å². The van der Waals surface area contributed by atoms with Gasteiger partial charge < -0.3 is 4.74 Å². The van der Waals surface area contributed by atoms with E-state index in [0.717, 1.165) is 17.6 Å². The highest BCUT2D eigenvalue weighted by Crippen LogP contribution is 2.42. The van der Waals surface area contributed by atoms with E-state index in [1.54, 1.807) is 0 Å². The third-order valence-electron chi connectivity index (χ3n) is 4.71. The van der Waals surface area contributed by atoms with Crippen LogP contribution in [0.5, 0.6) is 0 Å². The summed E-state index contributed by atoms with van der Waals surface area (Å²) in [6, 6.07) is 7.65. The SMILES string of the molecule is CN(C)C1(N(C)C)C=CC=C(C2OC(=O)c3ccccc32)C1. The smallest absolute Gasteiger partial charge is 0.339 e. The first kappa shape index (κ1) is 15.0. The van der Waals surface area contributed by atoms with Crippen LogP contribution < -0.4 is 0 Å². The Balaban J connectivity index is 1.96. The van der Waals surface area contributed by atoms with Crippen LogP contribution in [0.25, 0.3) is 0 Å².